The minimum atomic E-state index is -0.0728. The Morgan fingerprint density at radius 3 is 2.87 bits per heavy atom. The monoisotopic (exact) mass is 202 g/mol. The number of hydrogen-bond donors (Lipinski definition) is 2. The van der Waals surface area contributed by atoms with E-state index < -0.39 is 0 Å². The van der Waals surface area contributed by atoms with Crippen molar-refractivity contribution in [1.29, 1.82) is 0 Å². The minimum absolute atomic E-state index is 0.0728. The fourth-order valence-electron chi connectivity index (χ4n) is 1.13. The molecule has 78 valence electrons. The third-order valence-electron chi connectivity index (χ3n) is 1.89. The van der Waals surface area contributed by atoms with E-state index in [1.54, 1.807) is 0 Å². The Hall–Kier alpha value is -1.79. The Bertz CT molecular complexity index is 402. The summed E-state index contributed by atoms with van der Waals surface area (Å²) in [7, 11) is 0. The lowest BCUT2D eigenvalue weighted by molar-refractivity contribution is -0.118. The molecule has 1 amide bonds. The molecule has 0 aliphatic carbocycles. The van der Waals surface area contributed by atoms with Gasteiger partial charge in [0.15, 0.2) is 0 Å². The molecule has 0 bridgehead atoms. The summed E-state index contributed by atoms with van der Waals surface area (Å²) in [5.74, 6) is 5.77. The summed E-state index contributed by atoms with van der Waals surface area (Å²) in [5, 5.41) is 2.61. The average molecular weight is 202 g/mol. The van der Waals surface area contributed by atoms with E-state index in [2.05, 4.69) is 17.2 Å². The highest BCUT2D eigenvalue weighted by molar-refractivity contribution is 5.73. The predicted molar refractivity (Wildman–Crippen MR) is 59.9 cm³/mol. The number of amides is 1. The molecule has 0 aliphatic rings. The topological polar surface area (TPSA) is 55.1 Å². The third kappa shape index (κ3) is 3.84. The highest BCUT2D eigenvalue weighted by atomic mass is 16.1. The summed E-state index contributed by atoms with van der Waals surface area (Å²) in [5.41, 5.74) is 7.51. The van der Waals surface area contributed by atoms with Crippen LogP contribution in [0.15, 0.2) is 24.3 Å². The molecule has 3 heteroatoms. The average Bonchev–Trinajstić information content (AvgIpc) is 2.24. The van der Waals surface area contributed by atoms with Crippen molar-refractivity contribution in [3.8, 4) is 11.8 Å². The lowest BCUT2D eigenvalue weighted by Gasteiger charge is -1.99. The second-order valence-corrected chi connectivity index (χ2v) is 3.07. The van der Waals surface area contributed by atoms with Crippen LogP contribution in [0.5, 0.6) is 0 Å². The minimum Gasteiger partial charge on any atom is -0.345 e. The van der Waals surface area contributed by atoms with Gasteiger partial charge >= 0.3 is 0 Å². The van der Waals surface area contributed by atoms with E-state index >= 15 is 0 Å². The number of carbonyl (C=O) groups excluding carboxylic acids is 1. The van der Waals surface area contributed by atoms with Gasteiger partial charge in [-0.3, -0.25) is 4.79 Å². The molecule has 1 aromatic rings. The Labute approximate surface area is 89.7 Å². The maximum atomic E-state index is 10.6. The number of hydrogen-bond acceptors (Lipinski definition) is 2. The van der Waals surface area contributed by atoms with Crippen LogP contribution in [0.2, 0.25) is 0 Å². The molecule has 0 atom stereocenters. The van der Waals surface area contributed by atoms with Crippen LogP contribution < -0.4 is 11.1 Å². The van der Waals surface area contributed by atoms with E-state index in [-0.39, 0.29) is 5.91 Å². The number of carbonyl (C=O) groups is 1. The highest BCUT2D eigenvalue weighted by Gasteiger charge is 1.94. The van der Waals surface area contributed by atoms with Crippen LogP contribution in [-0.2, 0) is 11.3 Å². The first-order chi connectivity index (χ1) is 7.24. The molecule has 0 fully saturated rings. The van der Waals surface area contributed by atoms with Gasteiger partial charge in [-0.15, -0.1) is 0 Å². The zero-order chi connectivity index (χ0) is 11.1. The molecule has 0 aromatic heterocycles. The van der Waals surface area contributed by atoms with E-state index in [1.807, 2.05) is 24.3 Å². The lowest BCUT2D eigenvalue weighted by Crippen LogP contribution is -2.19. The second-order valence-electron chi connectivity index (χ2n) is 3.07. The van der Waals surface area contributed by atoms with E-state index in [9.17, 15) is 4.79 Å². The smallest absolute Gasteiger partial charge is 0.217 e. The molecule has 0 unspecified atom stereocenters. The quantitative estimate of drug-likeness (QED) is 0.691. The SMILES string of the molecule is CC(=O)NCC#Cc1ccccc1CN. The fraction of sp³-hybridized carbons (Fsp3) is 0.250. The van der Waals surface area contributed by atoms with Crippen molar-refractivity contribution in [1.82, 2.24) is 5.32 Å². The molecule has 1 rings (SSSR count). The van der Waals surface area contributed by atoms with Gasteiger partial charge in [-0.1, -0.05) is 30.0 Å². The molecule has 15 heavy (non-hydrogen) atoms. The van der Waals surface area contributed by atoms with Crippen LogP contribution in [0.25, 0.3) is 0 Å². The maximum absolute atomic E-state index is 10.6. The van der Waals surface area contributed by atoms with Crippen LogP contribution >= 0.6 is 0 Å². The first-order valence-electron chi connectivity index (χ1n) is 4.75. The first kappa shape index (κ1) is 11.3. The highest BCUT2D eigenvalue weighted by Crippen LogP contribution is 2.05. The van der Waals surface area contributed by atoms with Crippen molar-refractivity contribution in [3.63, 3.8) is 0 Å². The van der Waals surface area contributed by atoms with Crippen LogP contribution in [-0.4, -0.2) is 12.5 Å². The Kier molecular flexibility index (Phi) is 4.39. The van der Waals surface area contributed by atoms with Crippen molar-refractivity contribution < 1.29 is 4.79 Å². The number of benzene rings is 1. The molecule has 0 heterocycles. The fourth-order valence-corrected chi connectivity index (χ4v) is 1.13. The number of nitrogens with one attached hydrogen (secondary N) is 1. The van der Waals surface area contributed by atoms with Crippen LogP contribution in [0, 0.1) is 11.8 Å². The summed E-state index contributed by atoms with van der Waals surface area (Å²) >= 11 is 0. The zero-order valence-electron chi connectivity index (χ0n) is 8.71. The van der Waals surface area contributed by atoms with Crippen molar-refractivity contribution in [2.24, 2.45) is 5.73 Å². The molecule has 0 saturated heterocycles. The first-order valence-corrected chi connectivity index (χ1v) is 4.75. The second kappa shape index (κ2) is 5.84. The van der Waals surface area contributed by atoms with Gasteiger partial charge in [0.2, 0.25) is 5.91 Å². The molecule has 1 aromatic carbocycles. The maximum Gasteiger partial charge on any atom is 0.217 e. The molecule has 3 N–H and O–H groups in total. The van der Waals surface area contributed by atoms with Crippen molar-refractivity contribution in [2.45, 2.75) is 13.5 Å². The van der Waals surface area contributed by atoms with Crippen LogP contribution in [0.3, 0.4) is 0 Å². The van der Waals surface area contributed by atoms with Gasteiger partial charge in [0.1, 0.15) is 0 Å². The summed E-state index contributed by atoms with van der Waals surface area (Å²) < 4.78 is 0. The summed E-state index contributed by atoms with van der Waals surface area (Å²) in [6, 6.07) is 7.72. The summed E-state index contributed by atoms with van der Waals surface area (Å²) in [6.07, 6.45) is 0. The zero-order valence-corrected chi connectivity index (χ0v) is 8.71. The molecular weight excluding hydrogens is 188 g/mol. The molecule has 0 spiro atoms. The van der Waals surface area contributed by atoms with Crippen molar-refractivity contribution in [3.05, 3.63) is 35.4 Å². The van der Waals surface area contributed by atoms with E-state index in [0.717, 1.165) is 11.1 Å². The van der Waals surface area contributed by atoms with Crippen molar-refractivity contribution >= 4 is 5.91 Å². The van der Waals surface area contributed by atoms with Crippen molar-refractivity contribution in [2.75, 3.05) is 6.54 Å². The van der Waals surface area contributed by atoms with Gasteiger partial charge in [-0.25, -0.2) is 0 Å². The van der Waals surface area contributed by atoms with Crippen LogP contribution in [0.4, 0.5) is 0 Å². The normalized spacial score (nSPS) is 8.93. The predicted octanol–water partition coefficient (Wildman–Crippen LogP) is 0.633. The van der Waals surface area contributed by atoms with E-state index in [0.29, 0.717) is 13.1 Å². The molecule has 3 nitrogen and oxygen atoms in total. The van der Waals surface area contributed by atoms with Crippen LogP contribution in [0.1, 0.15) is 18.1 Å². The van der Waals surface area contributed by atoms with Gasteiger partial charge in [-0.2, -0.15) is 0 Å². The number of nitrogens with two attached hydrogens (primary N) is 1. The number of rotatable bonds is 2. The summed E-state index contributed by atoms with van der Waals surface area (Å²) in [6.45, 7) is 2.31. The Morgan fingerprint density at radius 1 is 1.47 bits per heavy atom. The Morgan fingerprint density at radius 2 is 2.20 bits per heavy atom. The Balaban J connectivity index is 2.66. The molecule has 0 aliphatic heterocycles. The summed E-state index contributed by atoms with van der Waals surface area (Å²) in [4.78, 5) is 10.6. The molecule has 0 radical (unpaired) electrons. The standard InChI is InChI=1S/C12H14N2O/c1-10(15)14-8-4-7-11-5-2-3-6-12(11)9-13/h2-3,5-6H,8-9,13H2,1H3,(H,14,15). The van der Waals surface area contributed by atoms with E-state index in [1.165, 1.54) is 6.92 Å². The van der Waals surface area contributed by atoms with Gasteiger partial charge in [0, 0.05) is 19.0 Å². The molecular formula is C12H14N2O. The van der Waals surface area contributed by atoms with E-state index in [4.69, 9.17) is 5.73 Å². The molecule has 0 saturated carbocycles. The largest absolute Gasteiger partial charge is 0.345 e. The lowest BCUT2D eigenvalue weighted by atomic mass is 10.1. The van der Waals surface area contributed by atoms with Gasteiger partial charge < -0.3 is 11.1 Å². The van der Waals surface area contributed by atoms with Gasteiger partial charge in [0.25, 0.3) is 0 Å². The third-order valence-corrected chi connectivity index (χ3v) is 1.89. The van der Waals surface area contributed by atoms with Gasteiger partial charge in [0.05, 0.1) is 6.54 Å². The van der Waals surface area contributed by atoms with Gasteiger partial charge in [-0.05, 0) is 11.6 Å².